The van der Waals surface area contributed by atoms with E-state index in [9.17, 15) is 0 Å². The molecule has 0 aliphatic carbocycles. The molecule has 0 radical (unpaired) electrons. The van der Waals surface area contributed by atoms with E-state index in [1.54, 1.807) is 6.20 Å². The van der Waals surface area contributed by atoms with Gasteiger partial charge in [-0.3, -0.25) is 0 Å². The molecule has 0 aromatic carbocycles. The number of fused-ring (bicyclic) bond motifs is 3. The van der Waals surface area contributed by atoms with Gasteiger partial charge in [0.1, 0.15) is 5.75 Å². The smallest absolute Gasteiger partial charge is 0.144 e. The molecule has 0 fully saturated rings. The number of ether oxygens (including phenoxy) is 1. The first-order valence-corrected chi connectivity index (χ1v) is 4.03. The summed E-state index contributed by atoms with van der Waals surface area (Å²) >= 11 is 0. The van der Waals surface area contributed by atoms with Crippen LogP contribution in [0.1, 0.15) is 5.56 Å². The Morgan fingerprint density at radius 1 is 1.50 bits per heavy atom. The molecule has 0 N–H and O–H groups in total. The molecular weight excluding hydrogens is 152 g/mol. The van der Waals surface area contributed by atoms with Gasteiger partial charge in [-0.2, -0.15) is 5.10 Å². The summed E-state index contributed by atoms with van der Waals surface area (Å²) in [5.74, 6) is 0.946. The zero-order valence-electron chi connectivity index (χ0n) is 6.53. The SMILES string of the molecule is c1cc2c3c(cnn2c1)OCC3. The van der Waals surface area contributed by atoms with Gasteiger partial charge in [0.25, 0.3) is 0 Å². The van der Waals surface area contributed by atoms with Gasteiger partial charge in [0.15, 0.2) is 0 Å². The Bertz CT molecular complexity index is 433. The summed E-state index contributed by atoms with van der Waals surface area (Å²) in [6, 6.07) is 4.07. The van der Waals surface area contributed by atoms with Gasteiger partial charge in [-0.1, -0.05) is 0 Å². The highest BCUT2D eigenvalue weighted by Gasteiger charge is 2.15. The molecule has 3 heterocycles. The zero-order chi connectivity index (χ0) is 7.97. The second-order valence-corrected chi connectivity index (χ2v) is 2.92. The average Bonchev–Trinajstić information content (AvgIpc) is 2.71. The Morgan fingerprint density at radius 2 is 2.50 bits per heavy atom. The van der Waals surface area contributed by atoms with E-state index < -0.39 is 0 Å². The third kappa shape index (κ3) is 0.630. The van der Waals surface area contributed by atoms with Crippen LogP contribution in [0.5, 0.6) is 5.75 Å². The third-order valence-electron chi connectivity index (χ3n) is 2.24. The lowest BCUT2D eigenvalue weighted by molar-refractivity contribution is 0.355. The van der Waals surface area contributed by atoms with Crippen LogP contribution in [0.4, 0.5) is 0 Å². The summed E-state index contributed by atoms with van der Waals surface area (Å²) in [7, 11) is 0. The molecule has 12 heavy (non-hydrogen) atoms. The van der Waals surface area contributed by atoms with E-state index in [-0.39, 0.29) is 0 Å². The molecule has 0 saturated heterocycles. The highest BCUT2D eigenvalue weighted by molar-refractivity contribution is 5.60. The van der Waals surface area contributed by atoms with Crippen molar-refractivity contribution in [2.45, 2.75) is 6.42 Å². The summed E-state index contributed by atoms with van der Waals surface area (Å²) < 4.78 is 7.28. The van der Waals surface area contributed by atoms with E-state index in [0.717, 1.165) is 18.8 Å². The Labute approximate surface area is 69.6 Å². The highest BCUT2D eigenvalue weighted by Crippen LogP contribution is 2.27. The average molecular weight is 160 g/mol. The zero-order valence-corrected chi connectivity index (χ0v) is 6.53. The van der Waals surface area contributed by atoms with Crippen molar-refractivity contribution in [3.05, 3.63) is 30.1 Å². The molecule has 0 atom stereocenters. The van der Waals surface area contributed by atoms with Crippen molar-refractivity contribution in [2.75, 3.05) is 6.61 Å². The first-order valence-electron chi connectivity index (χ1n) is 4.03. The molecule has 0 bridgehead atoms. The van der Waals surface area contributed by atoms with Gasteiger partial charge in [-0.25, -0.2) is 4.52 Å². The van der Waals surface area contributed by atoms with Crippen molar-refractivity contribution in [2.24, 2.45) is 0 Å². The molecule has 1 aliphatic heterocycles. The molecule has 3 heteroatoms. The van der Waals surface area contributed by atoms with Crippen LogP contribution in [-0.4, -0.2) is 16.2 Å². The third-order valence-corrected chi connectivity index (χ3v) is 2.24. The molecule has 0 unspecified atom stereocenters. The van der Waals surface area contributed by atoms with E-state index >= 15 is 0 Å². The van der Waals surface area contributed by atoms with Crippen LogP contribution >= 0.6 is 0 Å². The van der Waals surface area contributed by atoms with Gasteiger partial charge in [-0.05, 0) is 12.1 Å². The van der Waals surface area contributed by atoms with Gasteiger partial charge in [-0.15, -0.1) is 0 Å². The van der Waals surface area contributed by atoms with Crippen LogP contribution in [0.15, 0.2) is 24.5 Å². The predicted octanol–water partition coefficient (Wildman–Crippen LogP) is 1.27. The van der Waals surface area contributed by atoms with Crippen LogP contribution in [-0.2, 0) is 6.42 Å². The highest BCUT2D eigenvalue weighted by atomic mass is 16.5. The van der Waals surface area contributed by atoms with Gasteiger partial charge in [0, 0.05) is 18.2 Å². The van der Waals surface area contributed by atoms with Crippen molar-refractivity contribution >= 4 is 5.52 Å². The molecule has 3 nitrogen and oxygen atoms in total. The fourth-order valence-electron chi connectivity index (χ4n) is 1.67. The van der Waals surface area contributed by atoms with E-state index in [0.29, 0.717) is 0 Å². The largest absolute Gasteiger partial charge is 0.491 e. The van der Waals surface area contributed by atoms with E-state index in [4.69, 9.17) is 4.74 Å². The first-order chi connectivity index (χ1) is 5.95. The van der Waals surface area contributed by atoms with Crippen molar-refractivity contribution in [3.63, 3.8) is 0 Å². The first kappa shape index (κ1) is 6.06. The number of nitrogens with zero attached hydrogens (tertiary/aromatic N) is 2. The normalized spacial score (nSPS) is 14.7. The predicted molar refractivity (Wildman–Crippen MR) is 44.4 cm³/mol. The molecule has 0 saturated carbocycles. The van der Waals surface area contributed by atoms with Gasteiger partial charge < -0.3 is 4.74 Å². The summed E-state index contributed by atoms with van der Waals surface area (Å²) in [5.41, 5.74) is 2.46. The van der Waals surface area contributed by atoms with Crippen molar-refractivity contribution in [1.29, 1.82) is 0 Å². The number of aromatic nitrogens is 2. The molecule has 60 valence electrons. The van der Waals surface area contributed by atoms with Crippen molar-refractivity contribution in [3.8, 4) is 5.75 Å². The summed E-state index contributed by atoms with van der Waals surface area (Å²) in [6.07, 6.45) is 4.74. The molecule has 3 rings (SSSR count). The van der Waals surface area contributed by atoms with Crippen LogP contribution in [0.25, 0.3) is 5.52 Å². The Kier molecular flexibility index (Phi) is 1.01. The minimum absolute atomic E-state index is 0.794. The minimum atomic E-state index is 0.794. The molecule has 0 spiro atoms. The molecule has 0 amide bonds. The van der Waals surface area contributed by atoms with E-state index in [1.165, 1.54) is 11.1 Å². The minimum Gasteiger partial charge on any atom is -0.491 e. The maximum atomic E-state index is 5.40. The van der Waals surface area contributed by atoms with Crippen molar-refractivity contribution < 1.29 is 4.74 Å². The van der Waals surface area contributed by atoms with Crippen LogP contribution in [0.3, 0.4) is 0 Å². The standard InChI is InChI=1S/C9H8N2O/c1-2-8-7-3-5-12-9(7)6-10-11(8)4-1/h1-2,4,6H,3,5H2. The van der Waals surface area contributed by atoms with Gasteiger partial charge in [0.05, 0.1) is 18.3 Å². The summed E-state index contributed by atoms with van der Waals surface area (Å²) in [5, 5.41) is 4.20. The van der Waals surface area contributed by atoms with Gasteiger partial charge in [0.2, 0.25) is 0 Å². The topological polar surface area (TPSA) is 26.5 Å². The second-order valence-electron chi connectivity index (χ2n) is 2.92. The quantitative estimate of drug-likeness (QED) is 0.580. The number of hydrogen-bond donors (Lipinski definition) is 0. The molecule has 1 aliphatic rings. The maximum absolute atomic E-state index is 5.40. The molecule has 2 aromatic heterocycles. The maximum Gasteiger partial charge on any atom is 0.144 e. The van der Waals surface area contributed by atoms with E-state index in [1.807, 2.05) is 16.8 Å². The lowest BCUT2D eigenvalue weighted by atomic mass is 10.2. The Morgan fingerprint density at radius 3 is 3.50 bits per heavy atom. The monoisotopic (exact) mass is 160 g/mol. The van der Waals surface area contributed by atoms with E-state index in [2.05, 4.69) is 11.2 Å². The summed E-state index contributed by atoms with van der Waals surface area (Å²) in [6.45, 7) is 0.794. The molecule has 2 aromatic rings. The Hall–Kier alpha value is -1.51. The summed E-state index contributed by atoms with van der Waals surface area (Å²) in [4.78, 5) is 0. The Balaban J connectivity index is 2.46. The lowest BCUT2D eigenvalue weighted by Gasteiger charge is -1.99. The van der Waals surface area contributed by atoms with Crippen LogP contribution in [0.2, 0.25) is 0 Å². The lowest BCUT2D eigenvalue weighted by Crippen LogP contribution is -1.91. The van der Waals surface area contributed by atoms with Gasteiger partial charge >= 0.3 is 0 Å². The fourth-order valence-corrected chi connectivity index (χ4v) is 1.67. The number of hydrogen-bond acceptors (Lipinski definition) is 2. The number of rotatable bonds is 0. The van der Waals surface area contributed by atoms with Crippen molar-refractivity contribution in [1.82, 2.24) is 9.61 Å². The second kappa shape index (κ2) is 2.00. The fraction of sp³-hybridized carbons (Fsp3) is 0.222. The van der Waals surface area contributed by atoms with Crippen LogP contribution in [0, 0.1) is 0 Å². The van der Waals surface area contributed by atoms with Crippen LogP contribution < -0.4 is 4.74 Å². The molecular formula is C9H8N2O.